The lowest BCUT2D eigenvalue weighted by atomic mass is 10.2. The van der Waals surface area contributed by atoms with Gasteiger partial charge in [-0.2, -0.15) is 5.26 Å². The van der Waals surface area contributed by atoms with E-state index in [9.17, 15) is 9.18 Å². The van der Waals surface area contributed by atoms with Crippen molar-refractivity contribution in [1.29, 1.82) is 5.26 Å². The van der Waals surface area contributed by atoms with Gasteiger partial charge in [-0.1, -0.05) is 18.5 Å². The molecule has 4 nitrogen and oxygen atoms in total. The molecular formula is C17H13ClFNO3. The van der Waals surface area contributed by atoms with Crippen molar-refractivity contribution in [3.63, 3.8) is 0 Å². The maximum Gasteiger partial charge on any atom is 0.345 e. The van der Waals surface area contributed by atoms with Gasteiger partial charge in [0.15, 0.2) is 0 Å². The van der Waals surface area contributed by atoms with Gasteiger partial charge in [-0.05, 0) is 36.8 Å². The number of nitrogens with zero attached hydrogens (tertiary/aromatic N) is 1. The second-order valence-corrected chi connectivity index (χ2v) is 5.04. The molecule has 23 heavy (non-hydrogen) atoms. The molecule has 2 aromatic rings. The zero-order chi connectivity index (χ0) is 16.8. The first kappa shape index (κ1) is 16.8. The molecular weight excluding hydrogens is 321 g/mol. The summed E-state index contributed by atoms with van der Waals surface area (Å²) in [6.45, 7) is 2.52. The molecule has 0 heterocycles. The van der Waals surface area contributed by atoms with Crippen LogP contribution in [0.3, 0.4) is 0 Å². The maximum atomic E-state index is 13.5. The van der Waals surface area contributed by atoms with Crippen LogP contribution in [0.1, 0.15) is 29.3 Å². The highest BCUT2D eigenvalue weighted by atomic mass is 35.5. The largest absolute Gasteiger partial charge is 0.494 e. The van der Waals surface area contributed by atoms with Gasteiger partial charge in [0, 0.05) is 6.07 Å². The minimum absolute atomic E-state index is 0.00567. The third-order valence-corrected chi connectivity index (χ3v) is 3.22. The van der Waals surface area contributed by atoms with Crippen LogP contribution in [0.2, 0.25) is 5.02 Å². The van der Waals surface area contributed by atoms with E-state index in [0.717, 1.165) is 12.5 Å². The SMILES string of the molecule is CCCOc1ccc(C(=O)Oc2ccc(C#N)c(F)c2)c(Cl)c1. The highest BCUT2D eigenvalue weighted by molar-refractivity contribution is 6.33. The Kier molecular flexibility index (Phi) is 5.56. The van der Waals surface area contributed by atoms with E-state index in [1.807, 2.05) is 6.92 Å². The number of ether oxygens (including phenoxy) is 2. The van der Waals surface area contributed by atoms with Crippen LogP contribution in [0, 0.1) is 17.1 Å². The van der Waals surface area contributed by atoms with E-state index >= 15 is 0 Å². The highest BCUT2D eigenvalue weighted by Crippen LogP contribution is 2.25. The summed E-state index contributed by atoms with van der Waals surface area (Å²) in [5.74, 6) is -0.931. The Labute approximate surface area is 138 Å². The van der Waals surface area contributed by atoms with Crippen molar-refractivity contribution in [2.24, 2.45) is 0 Å². The van der Waals surface area contributed by atoms with Crippen molar-refractivity contribution >= 4 is 17.6 Å². The van der Waals surface area contributed by atoms with E-state index in [1.54, 1.807) is 12.1 Å². The Morgan fingerprint density at radius 1 is 1.26 bits per heavy atom. The molecule has 0 amide bonds. The van der Waals surface area contributed by atoms with Gasteiger partial charge in [-0.25, -0.2) is 9.18 Å². The summed E-state index contributed by atoms with van der Waals surface area (Å²) in [4.78, 5) is 12.1. The van der Waals surface area contributed by atoms with Gasteiger partial charge in [-0.3, -0.25) is 0 Å². The summed E-state index contributed by atoms with van der Waals surface area (Å²) >= 11 is 6.05. The number of hydrogen-bond donors (Lipinski definition) is 0. The molecule has 2 rings (SSSR count). The predicted octanol–water partition coefficient (Wildman–Crippen LogP) is 4.36. The Balaban J connectivity index is 2.14. The second kappa shape index (κ2) is 7.61. The van der Waals surface area contributed by atoms with E-state index < -0.39 is 11.8 Å². The summed E-state index contributed by atoms with van der Waals surface area (Å²) in [5, 5.41) is 8.84. The number of halogens is 2. The molecule has 0 aliphatic rings. The standard InChI is InChI=1S/C17H13ClFNO3/c1-2-7-22-12-5-6-14(15(18)8-12)17(21)23-13-4-3-11(10-20)16(19)9-13/h3-6,8-9H,2,7H2,1H3. The summed E-state index contributed by atoms with van der Waals surface area (Å²) in [7, 11) is 0. The van der Waals surface area contributed by atoms with Gasteiger partial charge < -0.3 is 9.47 Å². The zero-order valence-electron chi connectivity index (χ0n) is 12.3. The quantitative estimate of drug-likeness (QED) is 0.602. The summed E-state index contributed by atoms with van der Waals surface area (Å²) in [6, 6.07) is 9.85. The molecule has 0 N–H and O–H groups in total. The van der Waals surface area contributed by atoms with Gasteiger partial charge in [0.1, 0.15) is 23.4 Å². The minimum atomic E-state index is -0.757. The van der Waals surface area contributed by atoms with Gasteiger partial charge in [0.25, 0.3) is 0 Å². The molecule has 0 bridgehead atoms. The van der Waals surface area contributed by atoms with Crippen LogP contribution < -0.4 is 9.47 Å². The fraction of sp³-hybridized carbons (Fsp3) is 0.176. The Morgan fingerprint density at radius 3 is 2.61 bits per heavy atom. The van der Waals surface area contributed by atoms with E-state index in [1.165, 1.54) is 24.3 Å². The van der Waals surface area contributed by atoms with Crippen molar-refractivity contribution in [2.75, 3.05) is 6.61 Å². The molecule has 0 spiro atoms. The van der Waals surface area contributed by atoms with Crippen LogP contribution in [0.25, 0.3) is 0 Å². The Hall–Kier alpha value is -2.58. The fourth-order valence-corrected chi connectivity index (χ4v) is 2.03. The van der Waals surface area contributed by atoms with Gasteiger partial charge in [0.2, 0.25) is 0 Å². The molecule has 0 saturated heterocycles. The average Bonchev–Trinajstić information content (AvgIpc) is 2.53. The average molecular weight is 334 g/mol. The number of esters is 1. The molecule has 0 aliphatic heterocycles. The molecule has 0 saturated carbocycles. The molecule has 6 heteroatoms. The first-order valence-corrected chi connectivity index (χ1v) is 7.27. The zero-order valence-corrected chi connectivity index (χ0v) is 13.1. The van der Waals surface area contributed by atoms with Crippen LogP contribution in [0.4, 0.5) is 4.39 Å². The van der Waals surface area contributed by atoms with E-state index in [2.05, 4.69) is 0 Å². The highest BCUT2D eigenvalue weighted by Gasteiger charge is 2.15. The van der Waals surface area contributed by atoms with Crippen molar-refractivity contribution < 1.29 is 18.7 Å². The minimum Gasteiger partial charge on any atom is -0.494 e. The Morgan fingerprint density at radius 2 is 2.00 bits per heavy atom. The summed E-state index contributed by atoms with van der Waals surface area (Å²) in [6.07, 6.45) is 0.853. The van der Waals surface area contributed by atoms with Gasteiger partial charge >= 0.3 is 5.97 Å². The van der Waals surface area contributed by atoms with E-state index in [4.69, 9.17) is 26.3 Å². The summed E-state index contributed by atoms with van der Waals surface area (Å²) in [5.41, 5.74) is 0.0144. The van der Waals surface area contributed by atoms with Crippen molar-refractivity contribution in [3.8, 4) is 17.6 Å². The first-order valence-electron chi connectivity index (χ1n) is 6.89. The number of carbonyl (C=O) groups excluding carboxylic acids is 1. The lowest BCUT2D eigenvalue weighted by molar-refractivity contribution is 0.0734. The van der Waals surface area contributed by atoms with Crippen molar-refractivity contribution in [2.45, 2.75) is 13.3 Å². The lowest BCUT2D eigenvalue weighted by Gasteiger charge is -2.09. The van der Waals surface area contributed by atoms with Crippen LogP contribution in [0.5, 0.6) is 11.5 Å². The Bertz CT molecular complexity index is 771. The molecule has 0 aromatic heterocycles. The van der Waals surface area contributed by atoms with Crippen LogP contribution in [0.15, 0.2) is 36.4 Å². The van der Waals surface area contributed by atoms with Crippen molar-refractivity contribution in [1.82, 2.24) is 0 Å². The topological polar surface area (TPSA) is 59.3 Å². The molecule has 0 radical (unpaired) electrons. The fourth-order valence-electron chi connectivity index (χ4n) is 1.78. The van der Waals surface area contributed by atoms with Crippen molar-refractivity contribution in [3.05, 3.63) is 58.4 Å². The third-order valence-electron chi connectivity index (χ3n) is 2.90. The monoisotopic (exact) mass is 333 g/mol. The van der Waals surface area contributed by atoms with E-state index in [-0.39, 0.29) is 21.9 Å². The van der Waals surface area contributed by atoms with Gasteiger partial charge in [0.05, 0.1) is 22.8 Å². The van der Waals surface area contributed by atoms with Crippen LogP contribution in [-0.2, 0) is 0 Å². The molecule has 0 aliphatic carbocycles. The second-order valence-electron chi connectivity index (χ2n) is 4.63. The van der Waals surface area contributed by atoms with Crippen LogP contribution in [-0.4, -0.2) is 12.6 Å². The molecule has 118 valence electrons. The first-order chi connectivity index (χ1) is 11.0. The number of nitriles is 1. The molecule has 0 atom stereocenters. The number of hydrogen-bond acceptors (Lipinski definition) is 4. The van der Waals surface area contributed by atoms with Gasteiger partial charge in [-0.15, -0.1) is 0 Å². The van der Waals surface area contributed by atoms with E-state index in [0.29, 0.717) is 12.4 Å². The smallest absolute Gasteiger partial charge is 0.345 e. The normalized spacial score (nSPS) is 10.0. The molecule has 0 unspecified atom stereocenters. The number of benzene rings is 2. The third kappa shape index (κ3) is 4.21. The number of carbonyl (C=O) groups is 1. The lowest BCUT2D eigenvalue weighted by Crippen LogP contribution is -2.09. The predicted molar refractivity (Wildman–Crippen MR) is 83.3 cm³/mol. The summed E-state index contributed by atoms with van der Waals surface area (Å²) < 4.78 is 24.0. The molecule has 2 aromatic carbocycles. The maximum absolute atomic E-state index is 13.5. The van der Waals surface area contributed by atoms with Crippen LogP contribution >= 0.6 is 11.6 Å². The molecule has 0 fully saturated rings. The number of rotatable bonds is 5.